The van der Waals surface area contributed by atoms with Crippen LogP contribution >= 0.6 is 22.9 Å². The summed E-state index contributed by atoms with van der Waals surface area (Å²) < 4.78 is 5.56. The van der Waals surface area contributed by atoms with E-state index >= 15 is 0 Å². The maximum Gasteiger partial charge on any atom is 0.265 e. The largest absolute Gasteiger partial charge is 0.482 e. The first-order valence-electron chi connectivity index (χ1n) is 9.21. The number of primary amides is 1. The van der Waals surface area contributed by atoms with Crippen molar-refractivity contribution >= 4 is 39.9 Å². The molecular formula is C22H17ClN4O3S. The molecule has 0 atom stereocenters. The number of hydrogen-bond donors (Lipinski definition) is 3. The minimum Gasteiger partial charge on any atom is -0.482 e. The minimum absolute atomic E-state index is 0.213. The zero-order chi connectivity index (χ0) is 21.8. The molecule has 2 aromatic heterocycles. The molecule has 31 heavy (non-hydrogen) atoms. The minimum atomic E-state index is -0.553. The number of aromatic amines is 1. The molecule has 4 rings (SSSR count). The standard InChI is InChI=1S/C22H17ClN4O3S/c23-16-8-14(13-4-2-1-3-5-13)6-7-19(16)30-11-20(28)27-22-26-18(12-31-22)15-9-17(21(24)29)25-10-15/h1-10,12,25H,11H2,(H2,24,29)(H,26,27,28). The van der Waals surface area contributed by atoms with Crippen molar-refractivity contribution in [3.05, 3.63) is 76.9 Å². The molecule has 9 heteroatoms. The van der Waals surface area contributed by atoms with Crippen LogP contribution in [0.2, 0.25) is 5.02 Å². The van der Waals surface area contributed by atoms with Crippen LogP contribution in [0.5, 0.6) is 5.75 Å². The predicted octanol–water partition coefficient (Wildman–Crippen LogP) is 4.58. The lowest BCUT2D eigenvalue weighted by molar-refractivity contribution is -0.118. The lowest BCUT2D eigenvalue weighted by Gasteiger charge is -2.09. The molecule has 2 heterocycles. The lowest BCUT2D eigenvalue weighted by Crippen LogP contribution is -2.20. The summed E-state index contributed by atoms with van der Waals surface area (Å²) >= 11 is 7.58. The Morgan fingerprint density at radius 1 is 1.10 bits per heavy atom. The Kier molecular flexibility index (Phi) is 6.01. The van der Waals surface area contributed by atoms with Crippen LogP contribution in [0.4, 0.5) is 5.13 Å². The summed E-state index contributed by atoms with van der Waals surface area (Å²) in [5.41, 5.74) is 8.84. The summed E-state index contributed by atoms with van der Waals surface area (Å²) in [5.74, 6) is -0.499. The number of anilines is 1. The molecule has 2 aromatic carbocycles. The van der Waals surface area contributed by atoms with Crippen LogP contribution in [0, 0.1) is 0 Å². The number of nitrogens with zero attached hydrogens (tertiary/aromatic N) is 1. The Hall–Kier alpha value is -3.62. The summed E-state index contributed by atoms with van der Waals surface area (Å²) in [4.78, 5) is 30.6. The van der Waals surface area contributed by atoms with Gasteiger partial charge in [0.25, 0.3) is 11.8 Å². The zero-order valence-corrected chi connectivity index (χ0v) is 17.7. The molecule has 0 bridgehead atoms. The zero-order valence-electron chi connectivity index (χ0n) is 16.1. The number of aromatic nitrogens is 2. The Morgan fingerprint density at radius 2 is 1.90 bits per heavy atom. The van der Waals surface area contributed by atoms with E-state index in [0.717, 1.165) is 11.1 Å². The average molecular weight is 453 g/mol. The van der Waals surface area contributed by atoms with Crippen LogP contribution in [0.25, 0.3) is 22.4 Å². The predicted molar refractivity (Wildman–Crippen MR) is 121 cm³/mol. The third kappa shape index (κ3) is 4.93. The van der Waals surface area contributed by atoms with Gasteiger partial charge in [0.1, 0.15) is 11.4 Å². The Morgan fingerprint density at radius 3 is 2.61 bits per heavy atom. The van der Waals surface area contributed by atoms with E-state index in [0.29, 0.717) is 27.2 Å². The first kappa shape index (κ1) is 20.6. The van der Waals surface area contributed by atoms with Gasteiger partial charge >= 0.3 is 0 Å². The van der Waals surface area contributed by atoms with Crippen LogP contribution in [0.3, 0.4) is 0 Å². The monoisotopic (exact) mass is 452 g/mol. The van der Waals surface area contributed by atoms with Crippen molar-refractivity contribution in [2.75, 3.05) is 11.9 Å². The van der Waals surface area contributed by atoms with E-state index < -0.39 is 5.91 Å². The summed E-state index contributed by atoms with van der Waals surface area (Å²) in [6, 6.07) is 16.9. The molecule has 4 aromatic rings. The van der Waals surface area contributed by atoms with Gasteiger partial charge in [0.15, 0.2) is 11.7 Å². The smallest absolute Gasteiger partial charge is 0.265 e. The number of rotatable bonds is 7. The van der Waals surface area contributed by atoms with Crippen LogP contribution in [0.15, 0.2) is 66.2 Å². The number of carbonyl (C=O) groups excluding carboxylic acids is 2. The second kappa shape index (κ2) is 9.03. The Bertz CT molecular complexity index is 1240. The molecule has 0 aliphatic heterocycles. The van der Waals surface area contributed by atoms with Gasteiger partial charge in [-0.15, -0.1) is 11.3 Å². The van der Waals surface area contributed by atoms with Gasteiger partial charge in [0, 0.05) is 17.1 Å². The summed E-state index contributed by atoms with van der Waals surface area (Å²) in [5, 5.41) is 5.29. The number of H-pyrrole nitrogens is 1. The average Bonchev–Trinajstić information content (AvgIpc) is 3.43. The lowest BCUT2D eigenvalue weighted by atomic mass is 10.1. The van der Waals surface area contributed by atoms with Gasteiger partial charge in [-0.05, 0) is 29.3 Å². The number of hydrogen-bond acceptors (Lipinski definition) is 5. The molecule has 0 saturated carbocycles. The topological polar surface area (TPSA) is 110 Å². The van der Waals surface area contributed by atoms with E-state index in [4.69, 9.17) is 22.1 Å². The van der Waals surface area contributed by atoms with E-state index in [1.807, 2.05) is 36.4 Å². The molecule has 2 amide bonds. The van der Waals surface area contributed by atoms with E-state index in [2.05, 4.69) is 15.3 Å². The maximum atomic E-state index is 12.2. The fourth-order valence-corrected chi connectivity index (χ4v) is 3.85. The molecule has 0 saturated heterocycles. The molecule has 0 spiro atoms. The number of thiazole rings is 1. The third-order valence-corrected chi connectivity index (χ3v) is 5.45. The van der Waals surface area contributed by atoms with Gasteiger partial charge in [-0.1, -0.05) is 48.0 Å². The molecule has 0 fully saturated rings. The second-order valence-corrected chi connectivity index (χ2v) is 7.82. The number of nitrogens with two attached hydrogens (primary N) is 1. The van der Waals surface area contributed by atoms with Gasteiger partial charge in [-0.3, -0.25) is 14.9 Å². The molecular weight excluding hydrogens is 436 g/mol. The highest BCUT2D eigenvalue weighted by Gasteiger charge is 2.12. The van der Waals surface area contributed by atoms with Crippen molar-refractivity contribution < 1.29 is 14.3 Å². The Labute approximate surface area is 186 Å². The van der Waals surface area contributed by atoms with Crippen molar-refractivity contribution in [1.82, 2.24) is 9.97 Å². The Balaban J connectivity index is 1.35. The van der Waals surface area contributed by atoms with Crippen LogP contribution in [-0.4, -0.2) is 28.4 Å². The number of ether oxygens (including phenoxy) is 1. The van der Waals surface area contributed by atoms with Crippen molar-refractivity contribution in [3.8, 4) is 28.1 Å². The molecule has 0 radical (unpaired) electrons. The van der Waals surface area contributed by atoms with E-state index in [1.165, 1.54) is 11.3 Å². The van der Waals surface area contributed by atoms with Gasteiger partial charge in [-0.2, -0.15) is 0 Å². The second-order valence-electron chi connectivity index (χ2n) is 6.55. The first-order chi connectivity index (χ1) is 15.0. The maximum absolute atomic E-state index is 12.2. The fraction of sp³-hybridized carbons (Fsp3) is 0.0455. The molecule has 0 aliphatic carbocycles. The van der Waals surface area contributed by atoms with Crippen LogP contribution < -0.4 is 15.8 Å². The third-order valence-electron chi connectivity index (χ3n) is 4.39. The number of benzene rings is 2. The normalized spacial score (nSPS) is 10.6. The van der Waals surface area contributed by atoms with Crippen molar-refractivity contribution in [2.24, 2.45) is 5.73 Å². The van der Waals surface area contributed by atoms with Crippen molar-refractivity contribution in [3.63, 3.8) is 0 Å². The molecule has 0 aliphatic rings. The number of nitrogens with one attached hydrogen (secondary N) is 2. The van der Waals surface area contributed by atoms with E-state index in [-0.39, 0.29) is 18.2 Å². The van der Waals surface area contributed by atoms with Crippen LogP contribution in [0.1, 0.15) is 10.5 Å². The van der Waals surface area contributed by atoms with Crippen molar-refractivity contribution in [1.29, 1.82) is 0 Å². The fourth-order valence-electron chi connectivity index (χ4n) is 2.87. The SMILES string of the molecule is NC(=O)c1cc(-c2csc(NC(=O)COc3ccc(-c4ccccc4)cc3Cl)n2)c[nH]1. The summed E-state index contributed by atoms with van der Waals surface area (Å²) in [6.07, 6.45) is 1.63. The summed E-state index contributed by atoms with van der Waals surface area (Å²) in [6.45, 7) is -0.213. The number of amides is 2. The quantitative estimate of drug-likeness (QED) is 0.381. The molecule has 7 nitrogen and oxygen atoms in total. The highest BCUT2D eigenvalue weighted by molar-refractivity contribution is 7.14. The molecule has 156 valence electrons. The number of carbonyl (C=O) groups is 2. The van der Waals surface area contributed by atoms with Gasteiger partial charge in [0.05, 0.1) is 10.7 Å². The van der Waals surface area contributed by atoms with Gasteiger partial charge in [0.2, 0.25) is 0 Å². The highest BCUT2D eigenvalue weighted by Crippen LogP contribution is 2.30. The molecule has 4 N–H and O–H groups in total. The van der Waals surface area contributed by atoms with E-state index in [9.17, 15) is 9.59 Å². The first-order valence-corrected chi connectivity index (χ1v) is 10.5. The summed E-state index contributed by atoms with van der Waals surface area (Å²) in [7, 11) is 0. The van der Waals surface area contributed by atoms with Crippen molar-refractivity contribution in [2.45, 2.75) is 0 Å². The number of halogens is 1. The van der Waals surface area contributed by atoms with E-state index in [1.54, 1.807) is 29.8 Å². The highest BCUT2D eigenvalue weighted by atomic mass is 35.5. The van der Waals surface area contributed by atoms with Crippen LogP contribution in [-0.2, 0) is 4.79 Å². The van der Waals surface area contributed by atoms with Gasteiger partial charge in [-0.25, -0.2) is 4.98 Å². The molecule has 0 unspecified atom stereocenters. The van der Waals surface area contributed by atoms with Gasteiger partial charge < -0.3 is 15.5 Å².